The summed E-state index contributed by atoms with van der Waals surface area (Å²) >= 11 is 1.02. The zero-order valence-corrected chi connectivity index (χ0v) is 21.4. The first-order valence-electron chi connectivity index (χ1n) is 11.3. The van der Waals surface area contributed by atoms with Crippen LogP contribution >= 0.6 is 11.3 Å². The van der Waals surface area contributed by atoms with Crippen molar-refractivity contribution in [2.45, 2.75) is 26.3 Å². The number of benzene rings is 2. The van der Waals surface area contributed by atoms with Crippen molar-refractivity contribution in [1.29, 1.82) is 0 Å². The van der Waals surface area contributed by atoms with Crippen molar-refractivity contribution in [2.75, 3.05) is 19.0 Å². The van der Waals surface area contributed by atoms with E-state index in [4.69, 9.17) is 20.9 Å². The summed E-state index contributed by atoms with van der Waals surface area (Å²) in [5.74, 6) is -1.16. The molecule has 2 aromatic carbocycles. The highest BCUT2D eigenvalue weighted by molar-refractivity contribution is 7.17. The second-order valence-electron chi connectivity index (χ2n) is 7.76. The van der Waals surface area contributed by atoms with E-state index in [1.807, 2.05) is 30.3 Å². The molecule has 0 saturated heterocycles. The van der Waals surface area contributed by atoms with Crippen molar-refractivity contribution in [3.63, 3.8) is 0 Å². The van der Waals surface area contributed by atoms with Crippen LogP contribution in [0.1, 0.15) is 50.7 Å². The fourth-order valence-corrected chi connectivity index (χ4v) is 4.30. The number of methoxy groups -OCH3 is 1. The van der Waals surface area contributed by atoms with Crippen LogP contribution in [-0.2, 0) is 9.53 Å². The Hall–Kier alpha value is -4.45. The van der Waals surface area contributed by atoms with E-state index in [-0.39, 0.29) is 35.4 Å². The molecule has 6 N–H and O–H groups in total. The fraction of sp³-hybridized carbons (Fsp3) is 0.240. The largest absolute Gasteiger partial charge is 0.495 e. The van der Waals surface area contributed by atoms with Gasteiger partial charge in [0.2, 0.25) is 5.13 Å². The Balaban J connectivity index is 1.84. The standard InChI is InChI=1S/C25H28N6O5S/c1-4-36-20(32)13-17(15-8-6-5-7-9-15)29-22(33)16-10-11-19(35-3)18(12-16)30-23(34)21-14(2)28-25(37-21)31-24(26)27/h5-12,17H,4,13H2,1-3H3,(H,29,33)(H,30,34)(H4,26,27,28,31). The van der Waals surface area contributed by atoms with Crippen molar-refractivity contribution in [3.8, 4) is 5.75 Å². The third-order valence-electron chi connectivity index (χ3n) is 5.11. The van der Waals surface area contributed by atoms with E-state index >= 15 is 0 Å². The second kappa shape index (κ2) is 12.5. The maximum atomic E-state index is 13.2. The zero-order chi connectivity index (χ0) is 26.9. The van der Waals surface area contributed by atoms with Crippen molar-refractivity contribution in [1.82, 2.24) is 10.3 Å². The Bertz CT molecular complexity index is 1300. The Labute approximate surface area is 217 Å². The number of nitrogens with one attached hydrogen (secondary N) is 2. The number of hydrogen-bond acceptors (Lipinski definition) is 8. The molecule has 1 aromatic heterocycles. The number of carbonyl (C=O) groups excluding carboxylic acids is 3. The molecule has 0 aliphatic carbocycles. The molecule has 3 aromatic rings. The molecular weight excluding hydrogens is 496 g/mol. The summed E-state index contributed by atoms with van der Waals surface area (Å²) < 4.78 is 10.4. The first kappa shape index (κ1) is 27.1. The number of aryl methyl sites for hydroxylation is 1. The van der Waals surface area contributed by atoms with Gasteiger partial charge in [-0.25, -0.2) is 4.98 Å². The molecule has 11 nitrogen and oxygen atoms in total. The van der Waals surface area contributed by atoms with Crippen LogP contribution in [0.15, 0.2) is 53.5 Å². The molecule has 37 heavy (non-hydrogen) atoms. The highest BCUT2D eigenvalue weighted by Crippen LogP contribution is 2.30. The summed E-state index contributed by atoms with van der Waals surface area (Å²) in [6.45, 7) is 3.62. The van der Waals surface area contributed by atoms with Crippen LogP contribution < -0.4 is 26.8 Å². The van der Waals surface area contributed by atoms with Crippen LogP contribution in [0.25, 0.3) is 0 Å². The summed E-state index contributed by atoms with van der Waals surface area (Å²) in [7, 11) is 1.45. The third kappa shape index (κ3) is 7.27. The molecule has 2 amide bonds. The van der Waals surface area contributed by atoms with E-state index < -0.39 is 23.8 Å². The van der Waals surface area contributed by atoms with E-state index in [1.165, 1.54) is 13.2 Å². The molecule has 0 radical (unpaired) electrons. The number of hydrogen-bond donors (Lipinski definition) is 4. The van der Waals surface area contributed by atoms with Crippen LogP contribution in [0.4, 0.5) is 10.8 Å². The van der Waals surface area contributed by atoms with Crippen molar-refractivity contribution in [2.24, 2.45) is 16.5 Å². The molecular formula is C25H28N6O5S. The number of ether oxygens (including phenoxy) is 2. The molecule has 0 bridgehead atoms. The van der Waals surface area contributed by atoms with Gasteiger partial charge in [-0.3, -0.25) is 14.4 Å². The molecule has 1 heterocycles. The van der Waals surface area contributed by atoms with Gasteiger partial charge in [-0.15, -0.1) is 0 Å². The van der Waals surface area contributed by atoms with E-state index in [2.05, 4.69) is 20.6 Å². The van der Waals surface area contributed by atoms with Gasteiger partial charge < -0.3 is 31.6 Å². The quantitative estimate of drug-likeness (QED) is 0.178. The van der Waals surface area contributed by atoms with Gasteiger partial charge in [0, 0.05) is 5.56 Å². The van der Waals surface area contributed by atoms with Crippen LogP contribution in [0.3, 0.4) is 0 Å². The lowest BCUT2D eigenvalue weighted by Gasteiger charge is -2.19. The van der Waals surface area contributed by atoms with Crippen LogP contribution in [0.5, 0.6) is 5.75 Å². The average Bonchev–Trinajstić information content (AvgIpc) is 3.23. The second-order valence-corrected chi connectivity index (χ2v) is 8.74. The monoisotopic (exact) mass is 524 g/mol. The predicted molar refractivity (Wildman–Crippen MR) is 141 cm³/mol. The van der Waals surface area contributed by atoms with Crippen LogP contribution in [-0.4, -0.2) is 42.4 Å². The molecule has 1 atom stereocenters. The highest BCUT2D eigenvalue weighted by Gasteiger charge is 2.22. The molecule has 12 heteroatoms. The number of carbonyl (C=O) groups is 3. The SMILES string of the molecule is CCOC(=O)CC(NC(=O)c1ccc(OC)c(NC(=O)c2sc(N=C(N)N)nc2C)c1)c1ccccc1. The van der Waals surface area contributed by atoms with Gasteiger partial charge in [0.1, 0.15) is 10.6 Å². The minimum absolute atomic E-state index is 0.0356. The van der Waals surface area contributed by atoms with Gasteiger partial charge in [0.05, 0.1) is 37.6 Å². The molecule has 1 unspecified atom stereocenters. The normalized spacial score (nSPS) is 11.2. The smallest absolute Gasteiger partial charge is 0.308 e. The summed E-state index contributed by atoms with van der Waals surface area (Å²) in [5.41, 5.74) is 12.5. The number of aliphatic imine (C=N–C) groups is 1. The molecule has 0 saturated carbocycles. The number of nitrogens with zero attached hydrogens (tertiary/aromatic N) is 2. The molecule has 3 rings (SSSR count). The average molecular weight is 525 g/mol. The van der Waals surface area contributed by atoms with Gasteiger partial charge in [-0.2, -0.15) is 4.99 Å². The Morgan fingerprint density at radius 3 is 2.49 bits per heavy atom. The number of rotatable bonds is 10. The van der Waals surface area contributed by atoms with Crippen molar-refractivity contribution < 1.29 is 23.9 Å². The lowest BCUT2D eigenvalue weighted by Crippen LogP contribution is -2.30. The van der Waals surface area contributed by atoms with Gasteiger partial charge in [-0.05, 0) is 37.6 Å². The first-order chi connectivity index (χ1) is 17.7. The minimum Gasteiger partial charge on any atom is -0.495 e. The van der Waals surface area contributed by atoms with E-state index in [0.717, 1.165) is 16.9 Å². The predicted octanol–water partition coefficient (Wildman–Crippen LogP) is 3.04. The fourth-order valence-electron chi connectivity index (χ4n) is 3.44. The maximum absolute atomic E-state index is 13.2. The van der Waals surface area contributed by atoms with Crippen molar-refractivity contribution >= 4 is 45.9 Å². The lowest BCUT2D eigenvalue weighted by atomic mass is 10.0. The molecule has 0 fully saturated rings. The minimum atomic E-state index is -0.610. The Morgan fingerprint density at radius 2 is 1.84 bits per heavy atom. The Morgan fingerprint density at radius 1 is 1.11 bits per heavy atom. The van der Waals surface area contributed by atoms with Crippen LogP contribution in [0, 0.1) is 6.92 Å². The number of thiazole rings is 1. The van der Waals surface area contributed by atoms with Crippen LogP contribution in [0.2, 0.25) is 0 Å². The summed E-state index contributed by atoms with van der Waals surface area (Å²) in [6, 6.07) is 13.1. The van der Waals surface area contributed by atoms with E-state index in [0.29, 0.717) is 16.3 Å². The number of anilines is 1. The zero-order valence-electron chi connectivity index (χ0n) is 20.6. The van der Waals surface area contributed by atoms with Gasteiger partial charge in [-0.1, -0.05) is 41.7 Å². The highest BCUT2D eigenvalue weighted by atomic mass is 32.1. The van der Waals surface area contributed by atoms with Gasteiger partial charge >= 0.3 is 5.97 Å². The number of guanidine groups is 1. The van der Waals surface area contributed by atoms with Crippen molar-refractivity contribution in [3.05, 3.63) is 70.2 Å². The number of esters is 1. The summed E-state index contributed by atoms with van der Waals surface area (Å²) in [4.78, 5) is 46.7. The van der Waals surface area contributed by atoms with E-state index in [9.17, 15) is 14.4 Å². The molecule has 194 valence electrons. The summed E-state index contributed by atoms with van der Waals surface area (Å²) in [5, 5.41) is 5.88. The molecule has 0 aliphatic rings. The Kier molecular flexibility index (Phi) is 9.16. The van der Waals surface area contributed by atoms with Gasteiger partial charge in [0.25, 0.3) is 11.8 Å². The van der Waals surface area contributed by atoms with Gasteiger partial charge in [0.15, 0.2) is 5.96 Å². The van der Waals surface area contributed by atoms with E-state index in [1.54, 1.807) is 26.0 Å². The number of nitrogens with two attached hydrogens (primary N) is 2. The third-order valence-corrected chi connectivity index (χ3v) is 6.16. The maximum Gasteiger partial charge on any atom is 0.308 e. The topological polar surface area (TPSA) is 171 Å². The lowest BCUT2D eigenvalue weighted by molar-refractivity contribution is -0.143. The number of aromatic nitrogens is 1. The summed E-state index contributed by atoms with van der Waals surface area (Å²) in [6.07, 6.45) is -0.0356. The molecule has 0 aliphatic heterocycles. The number of amides is 2. The molecule has 0 spiro atoms. The first-order valence-corrected chi connectivity index (χ1v) is 12.1.